The summed E-state index contributed by atoms with van der Waals surface area (Å²) in [6.45, 7) is 8.00. The van der Waals surface area contributed by atoms with Gasteiger partial charge in [-0.2, -0.15) is 0 Å². The topological polar surface area (TPSA) is 0 Å². The van der Waals surface area contributed by atoms with Crippen molar-refractivity contribution >= 4 is 8.41 Å². The minimum absolute atomic E-state index is 0. The van der Waals surface area contributed by atoms with Gasteiger partial charge in [-0.3, -0.25) is 0 Å². The maximum Gasteiger partial charge on any atom is 0 e. The third kappa shape index (κ3) is 24.5. The second kappa shape index (κ2) is 29.8. The van der Waals surface area contributed by atoms with Crippen LogP contribution >= 0.6 is 0 Å². The number of hydrogen-bond acceptors (Lipinski definition) is 0. The zero-order valence-corrected chi connectivity index (χ0v) is 9.27. The van der Waals surface area contributed by atoms with Gasteiger partial charge in [-0.05, 0) is 25.7 Å². The van der Waals surface area contributed by atoms with E-state index in [0.717, 1.165) is 0 Å². The molecule has 0 unspecified atom stereocenters. The Bertz CT molecular complexity index is 59.5. The molecule has 0 aliphatic heterocycles. The minimum Gasteiger partial charge on any atom is -0.0885 e. The van der Waals surface area contributed by atoms with Gasteiger partial charge < -0.3 is 0 Å². The first-order valence-corrected chi connectivity index (χ1v) is 5.15. The van der Waals surface area contributed by atoms with E-state index in [4.69, 9.17) is 0 Å². The Morgan fingerprint density at radius 2 is 1.00 bits per heavy atom. The van der Waals surface area contributed by atoms with Crippen LogP contribution in [0.3, 0.4) is 0 Å². The Hall–Kier alpha value is -0.195. The molecular weight excluding hydrogens is 155 g/mol. The van der Waals surface area contributed by atoms with E-state index in [1.807, 2.05) is 27.7 Å². The summed E-state index contributed by atoms with van der Waals surface area (Å²) < 4.78 is 0. The van der Waals surface area contributed by atoms with E-state index >= 15 is 0 Å². The normalized spacial score (nSPS) is 12.6. The van der Waals surface area contributed by atoms with Gasteiger partial charge in [0.25, 0.3) is 0 Å². The largest absolute Gasteiger partial charge is 0.0885 e. The van der Waals surface area contributed by atoms with Gasteiger partial charge in [0.1, 0.15) is 0 Å². The number of hydrogen-bond donors (Lipinski definition) is 0. The summed E-state index contributed by atoms with van der Waals surface area (Å²) in [6.07, 6.45) is 11.5. The molecule has 0 nitrogen and oxygen atoms in total. The maximum atomic E-state index is 2.30. The minimum atomic E-state index is 0. The molecule has 1 rings (SSSR count). The molecule has 13 heavy (non-hydrogen) atoms. The van der Waals surface area contributed by atoms with Gasteiger partial charge in [0.15, 0.2) is 0 Å². The van der Waals surface area contributed by atoms with Crippen LogP contribution in [0, 0.1) is 0 Å². The molecule has 0 N–H and O–H groups in total. The third-order valence-corrected chi connectivity index (χ3v) is 1.41. The predicted octanol–water partition coefficient (Wildman–Crippen LogP) is 4.81. The fourth-order valence-electron chi connectivity index (χ4n) is 0.937. The van der Waals surface area contributed by atoms with Gasteiger partial charge in [0.2, 0.25) is 0 Å². The Kier molecular flexibility index (Phi) is 52.7. The molecule has 79 valence electrons. The molecule has 0 atom stereocenters. The first-order chi connectivity index (χ1) is 5.50. The van der Waals surface area contributed by atoms with E-state index in [9.17, 15) is 0 Å². The highest BCUT2D eigenvalue weighted by atomic mass is 13.9. The van der Waals surface area contributed by atoms with Gasteiger partial charge in [0, 0.05) is 8.41 Å². The van der Waals surface area contributed by atoms with Crippen LogP contribution in [0.1, 0.15) is 67.2 Å². The Labute approximate surface area is 88.4 Å². The van der Waals surface area contributed by atoms with E-state index in [1.54, 1.807) is 0 Å². The second-order valence-corrected chi connectivity index (χ2v) is 2.11. The molecule has 0 aromatic rings. The van der Waals surface area contributed by atoms with Crippen molar-refractivity contribution < 1.29 is 0 Å². The van der Waals surface area contributed by atoms with Crippen LogP contribution in [-0.4, -0.2) is 8.41 Å². The fourth-order valence-corrected chi connectivity index (χ4v) is 0.937. The predicted molar refractivity (Wildman–Crippen MR) is 67.4 cm³/mol. The second-order valence-electron chi connectivity index (χ2n) is 2.11. The van der Waals surface area contributed by atoms with Crippen LogP contribution < -0.4 is 0 Å². The first kappa shape index (κ1) is 23.0. The summed E-state index contributed by atoms with van der Waals surface area (Å²) in [5.74, 6) is 0. The van der Waals surface area contributed by atoms with Gasteiger partial charge in [0.05, 0.1) is 0 Å². The smallest absolute Gasteiger partial charge is 0 e. The van der Waals surface area contributed by atoms with Gasteiger partial charge in [-0.25, -0.2) is 0 Å². The van der Waals surface area contributed by atoms with Gasteiger partial charge >= 0.3 is 0 Å². The van der Waals surface area contributed by atoms with E-state index in [1.165, 1.54) is 32.1 Å². The van der Waals surface area contributed by atoms with Crippen LogP contribution in [0.4, 0.5) is 0 Å². The standard InChI is InChI=1S/C7H12.2C2H6.CH4.B/c1-2-4-6-7-5-3-1;2*1-2;;/h1-2H,3-7H2;2*1-2H3;1H4;. The van der Waals surface area contributed by atoms with Crippen molar-refractivity contribution in [3.05, 3.63) is 12.2 Å². The van der Waals surface area contributed by atoms with Gasteiger partial charge in [-0.15, -0.1) is 0 Å². The van der Waals surface area contributed by atoms with Crippen molar-refractivity contribution in [2.75, 3.05) is 0 Å². The quantitative estimate of drug-likeness (QED) is 0.373. The maximum absolute atomic E-state index is 2.30. The summed E-state index contributed by atoms with van der Waals surface area (Å²) in [4.78, 5) is 0. The van der Waals surface area contributed by atoms with Crippen LogP contribution in [-0.2, 0) is 0 Å². The third-order valence-electron chi connectivity index (χ3n) is 1.41. The van der Waals surface area contributed by atoms with Crippen molar-refractivity contribution in [2.24, 2.45) is 0 Å². The number of rotatable bonds is 0. The molecule has 0 aromatic heterocycles. The summed E-state index contributed by atoms with van der Waals surface area (Å²) in [6, 6.07) is 0. The molecule has 0 spiro atoms. The Morgan fingerprint density at radius 3 is 1.31 bits per heavy atom. The molecule has 0 fully saturated rings. The van der Waals surface area contributed by atoms with E-state index in [2.05, 4.69) is 12.2 Å². The lowest BCUT2D eigenvalue weighted by Gasteiger charge is -1.86. The SMILES string of the molecule is C.C1=CCCCCC1.CC.CC.[B]. The number of allylic oxidation sites excluding steroid dienone is 2. The molecule has 1 heteroatoms. The van der Waals surface area contributed by atoms with E-state index in [-0.39, 0.29) is 15.8 Å². The highest BCUT2D eigenvalue weighted by Crippen LogP contribution is 2.08. The molecule has 1 aliphatic rings. The van der Waals surface area contributed by atoms with Crippen molar-refractivity contribution in [3.63, 3.8) is 0 Å². The molecule has 0 bridgehead atoms. The summed E-state index contributed by atoms with van der Waals surface area (Å²) >= 11 is 0. The summed E-state index contributed by atoms with van der Waals surface area (Å²) in [5.41, 5.74) is 0. The van der Waals surface area contributed by atoms with Crippen molar-refractivity contribution in [3.8, 4) is 0 Å². The van der Waals surface area contributed by atoms with E-state index in [0.29, 0.717) is 0 Å². The molecule has 0 aromatic carbocycles. The van der Waals surface area contributed by atoms with Crippen LogP contribution in [0.2, 0.25) is 0 Å². The molecule has 0 saturated heterocycles. The van der Waals surface area contributed by atoms with E-state index < -0.39 is 0 Å². The zero-order chi connectivity index (χ0) is 8.95. The van der Waals surface area contributed by atoms with Crippen molar-refractivity contribution in [1.29, 1.82) is 0 Å². The van der Waals surface area contributed by atoms with Crippen molar-refractivity contribution in [2.45, 2.75) is 67.2 Å². The van der Waals surface area contributed by atoms with Crippen LogP contribution in [0.5, 0.6) is 0 Å². The molecule has 1 aliphatic carbocycles. The molecule has 0 saturated carbocycles. The average molecular weight is 183 g/mol. The Morgan fingerprint density at radius 1 is 0.692 bits per heavy atom. The highest BCUT2D eigenvalue weighted by molar-refractivity contribution is 5.75. The molecule has 0 heterocycles. The lowest BCUT2D eigenvalue weighted by molar-refractivity contribution is 0.718. The lowest BCUT2D eigenvalue weighted by Crippen LogP contribution is -1.67. The average Bonchev–Trinajstić information content (AvgIpc) is 2.42. The highest BCUT2D eigenvalue weighted by Gasteiger charge is 1.88. The molecule has 0 amide bonds. The summed E-state index contributed by atoms with van der Waals surface area (Å²) in [5, 5.41) is 0. The molecular formula is C12H28B. The first-order valence-electron chi connectivity index (χ1n) is 5.15. The van der Waals surface area contributed by atoms with Crippen LogP contribution in [0.25, 0.3) is 0 Å². The summed E-state index contributed by atoms with van der Waals surface area (Å²) in [7, 11) is 0. The fraction of sp³-hybridized carbons (Fsp3) is 0.833. The lowest BCUT2D eigenvalue weighted by atomic mass is 10.2. The van der Waals surface area contributed by atoms with Gasteiger partial charge in [-0.1, -0.05) is 53.7 Å². The monoisotopic (exact) mass is 183 g/mol. The Balaban J connectivity index is -0.0000000607. The zero-order valence-electron chi connectivity index (χ0n) is 9.27. The van der Waals surface area contributed by atoms with Crippen LogP contribution in [0.15, 0.2) is 12.2 Å². The van der Waals surface area contributed by atoms with Crippen molar-refractivity contribution in [1.82, 2.24) is 0 Å². The molecule has 3 radical (unpaired) electrons.